The number of ketones is 1. The van der Waals surface area contributed by atoms with Crippen LogP contribution in [0.15, 0.2) is 55.5 Å². The van der Waals surface area contributed by atoms with E-state index >= 15 is 0 Å². The fourth-order valence-electron chi connectivity index (χ4n) is 2.97. The van der Waals surface area contributed by atoms with E-state index in [0.29, 0.717) is 18.9 Å². The Morgan fingerprint density at radius 2 is 1.89 bits per heavy atom. The fraction of sp³-hybridized carbons (Fsp3) is 0.304. The second kappa shape index (κ2) is 8.74. The lowest BCUT2D eigenvalue weighted by molar-refractivity contribution is -0.114. The van der Waals surface area contributed by atoms with Crippen LogP contribution in [0.25, 0.3) is 11.3 Å². The number of nitrogens with zero attached hydrogens (tertiary/aromatic N) is 4. The largest absolute Gasteiger partial charge is 0.295 e. The Kier molecular flexibility index (Phi) is 6.14. The number of carbonyl (C=O) groups is 1. The molecule has 3 aromatic rings. The lowest BCUT2D eigenvalue weighted by Gasteiger charge is -2.07. The van der Waals surface area contributed by atoms with Crippen molar-refractivity contribution in [3.05, 3.63) is 78.0 Å². The number of rotatable bonds is 8. The summed E-state index contributed by atoms with van der Waals surface area (Å²) in [5, 5.41) is 4.42. The van der Waals surface area contributed by atoms with Crippen LogP contribution in [0.2, 0.25) is 0 Å². The number of allylic oxidation sites excluding steroid dienone is 1. The maximum atomic E-state index is 11.4. The van der Waals surface area contributed by atoms with Gasteiger partial charge in [-0.2, -0.15) is 5.10 Å². The zero-order valence-electron chi connectivity index (χ0n) is 16.7. The van der Waals surface area contributed by atoms with Crippen molar-refractivity contribution in [1.29, 1.82) is 0 Å². The average Bonchev–Trinajstić information content (AvgIpc) is 3.19. The van der Waals surface area contributed by atoms with Gasteiger partial charge in [0.25, 0.3) is 0 Å². The monoisotopic (exact) mass is 374 g/mol. The molecule has 144 valence electrons. The molecule has 0 amide bonds. The molecule has 5 heteroatoms. The molecule has 0 aliphatic heterocycles. The molecular formula is C23H26N4O. The molecule has 0 saturated heterocycles. The van der Waals surface area contributed by atoms with Gasteiger partial charge in [0.15, 0.2) is 5.78 Å². The normalized spacial score (nSPS) is 11.0. The number of aryl methyl sites for hydroxylation is 2. The van der Waals surface area contributed by atoms with E-state index in [1.165, 1.54) is 6.08 Å². The van der Waals surface area contributed by atoms with E-state index in [-0.39, 0.29) is 5.78 Å². The zero-order valence-corrected chi connectivity index (χ0v) is 16.7. The first-order valence-corrected chi connectivity index (χ1v) is 9.56. The zero-order chi connectivity index (χ0) is 20.1. The molecule has 0 fully saturated rings. The molecule has 5 nitrogen and oxygen atoms in total. The summed E-state index contributed by atoms with van der Waals surface area (Å²) in [6.45, 7) is 9.74. The van der Waals surface area contributed by atoms with Crippen molar-refractivity contribution in [3.8, 4) is 11.3 Å². The van der Waals surface area contributed by atoms with Crippen LogP contribution in [0.4, 0.5) is 0 Å². The highest BCUT2D eigenvalue weighted by atomic mass is 16.1. The molecule has 0 aliphatic carbocycles. The molecule has 1 aromatic carbocycles. The van der Waals surface area contributed by atoms with Crippen molar-refractivity contribution in [2.45, 2.75) is 46.1 Å². The smallest absolute Gasteiger partial charge is 0.155 e. The lowest BCUT2D eigenvalue weighted by Crippen LogP contribution is -2.01. The Bertz CT molecular complexity index is 971. The minimum atomic E-state index is 0.0745. The molecule has 2 aromatic heterocycles. The predicted octanol–water partition coefficient (Wildman–Crippen LogP) is 4.51. The third-order valence-electron chi connectivity index (χ3n) is 4.70. The summed E-state index contributed by atoms with van der Waals surface area (Å²) in [5.74, 6) is 0.859. The molecule has 0 aliphatic rings. The van der Waals surface area contributed by atoms with Gasteiger partial charge in [-0.1, -0.05) is 30.8 Å². The number of benzene rings is 1. The Morgan fingerprint density at radius 3 is 2.54 bits per heavy atom. The number of hydrogen-bond donors (Lipinski definition) is 0. The van der Waals surface area contributed by atoms with Gasteiger partial charge in [0.1, 0.15) is 5.82 Å². The molecule has 0 N–H and O–H groups in total. The van der Waals surface area contributed by atoms with E-state index in [1.54, 1.807) is 0 Å². The summed E-state index contributed by atoms with van der Waals surface area (Å²) in [7, 11) is 0. The molecule has 0 spiro atoms. The SMILES string of the molecule is C=CC(=O)CCc1ccc(Cc2ncc(C)c(-c3cnn(C(C)C)c3)n2)cc1. The standard InChI is InChI=1S/C23H26N4O/c1-5-21(28)11-10-18-6-8-19(9-7-18)12-22-24-13-17(4)23(26-22)20-14-25-27(15-20)16(2)3/h5-9,13-16H,1,10-12H2,2-4H3. The van der Waals surface area contributed by atoms with Crippen molar-refractivity contribution >= 4 is 5.78 Å². The minimum absolute atomic E-state index is 0.0745. The lowest BCUT2D eigenvalue weighted by atomic mass is 10.0. The van der Waals surface area contributed by atoms with E-state index < -0.39 is 0 Å². The van der Waals surface area contributed by atoms with Crippen LogP contribution >= 0.6 is 0 Å². The van der Waals surface area contributed by atoms with Gasteiger partial charge in [-0.15, -0.1) is 0 Å². The minimum Gasteiger partial charge on any atom is -0.295 e. The van der Waals surface area contributed by atoms with Gasteiger partial charge in [-0.3, -0.25) is 9.48 Å². The van der Waals surface area contributed by atoms with Crippen LogP contribution in [-0.2, 0) is 17.6 Å². The number of hydrogen-bond acceptors (Lipinski definition) is 4. The highest BCUT2D eigenvalue weighted by molar-refractivity contribution is 5.89. The van der Waals surface area contributed by atoms with E-state index in [1.807, 2.05) is 30.2 Å². The van der Waals surface area contributed by atoms with Crippen molar-refractivity contribution in [1.82, 2.24) is 19.7 Å². The van der Waals surface area contributed by atoms with Gasteiger partial charge in [-0.25, -0.2) is 9.97 Å². The second-order valence-electron chi connectivity index (χ2n) is 7.28. The van der Waals surface area contributed by atoms with Crippen LogP contribution in [-0.4, -0.2) is 25.5 Å². The van der Waals surface area contributed by atoms with Gasteiger partial charge in [0.05, 0.1) is 11.9 Å². The molecule has 0 bridgehead atoms. The average molecular weight is 374 g/mol. The molecular weight excluding hydrogens is 348 g/mol. The molecule has 0 unspecified atom stereocenters. The maximum absolute atomic E-state index is 11.4. The molecule has 28 heavy (non-hydrogen) atoms. The quantitative estimate of drug-likeness (QED) is 0.544. The third-order valence-corrected chi connectivity index (χ3v) is 4.70. The van der Waals surface area contributed by atoms with Crippen LogP contribution in [0.5, 0.6) is 0 Å². The number of aromatic nitrogens is 4. The predicted molar refractivity (Wildman–Crippen MR) is 111 cm³/mol. The van der Waals surface area contributed by atoms with Crippen LogP contribution in [0, 0.1) is 6.92 Å². The van der Waals surface area contributed by atoms with Crippen molar-refractivity contribution < 1.29 is 4.79 Å². The van der Waals surface area contributed by atoms with E-state index in [4.69, 9.17) is 4.98 Å². The first-order valence-electron chi connectivity index (χ1n) is 9.56. The topological polar surface area (TPSA) is 60.7 Å². The van der Waals surface area contributed by atoms with Gasteiger partial charge >= 0.3 is 0 Å². The number of carbonyl (C=O) groups excluding carboxylic acids is 1. The maximum Gasteiger partial charge on any atom is 0.155 e. The first kappa shape index (κ1) is 19.7. The molecule has 0 saturated carbocycles. The summed E-state index contributed by atoms with van der Waals surface area (Å²) >= 11 is 0. The van der Waals surface area contributed by atoms with E-state index in [2.05, 4.69) is 54.8 Å². The highest BCUT2D eigenvalue weighted by Crippen LogP contribution is 2.22. The van der Waals surface area contributed by atoms with Crippen LogP contribution in [0.3, 0.4) is 0 Å². The highest BCUT2D eigenvalue weighted by Gasteiger charge is 2.11. The Morgan fingerprint density at radius 1 is 1.18 bits per heavy atom. The van der Waals surface area contributed by atoms with Gasteiger partial charge in [0, 0.05) is 36.8 Å². The summed E-state index contributed by atoms with van der Waals surface area (Å²) in [6, 6.07) is 8.59. The second-order valence-corrected chi connectivity index (χ2v) is 7.28. The van der Waals surface area contributed by atoms with Gasteiger partial charge in [0.2, 0.25) is 0 Å². The Hall–Kier alpha value is -3.08. The summed E-state index contributed by atoms with van der Waals surface area (Å²) in [4.78, 5) is 20.7. The van der Waals surface area contributed by atoms with Crippen molar-refractivity contribution in [2.24, 2.45) is 0 Å². The molecule has 2 heterocycles. The first-order chi connectivity index (χ1) is 13.5. The van der Waals surface area contributed by atoms with E-state index in [0.717, 1.165) is 40.2 Å². The van der Waals surface area contributed by atoms with Crippen LogP contribution in [0.1, 0.15) is 48.8 Å². The van der Waals surface area contributed by atoms with Crippen molar-refractivity contribution in [2.75, 3.05) is 0 Å². The van der Waals surface area contributed by atoms with Crippen LogP contribution < -0.4 is 0 Å². The summed E-state index contributed by atoms with van der Waals surface area (Å²) in [6.07, 6.45) is 9.04. The Balaban J connectivity index is 1.74. The van der Waals surface area contributed by atoms with E-state index in [9.17, 15) is 4.79 Å². The van der Waals surface area contributed by atoms with Gasteiger partial charge < -0.3 is 0 Å². The Labute approximate surface area is 166 Å². The molecule has 3 rings (SSSR count). The van der Waals surface area contributed by atoms with Crippen molar-refractivity contribution in [3.63, 3.8) is 0 Å². The van der Waals surface area contributed by atoms with Gasteiger partial charge in [-0.05, 0) is 50.0 Å². The summed E-state index contributed by atoms with van der Waals surface area (Å²) < 4.78 is 1.94. The third kappa shape index (κ3) is 4.80. The summed E-state index contributed by atoms with van der Waals surface area (Å²) in [5.41, 5.74) is 5.26. The molecule has 0 atom stereocenters. The molecule has 0 radical (unpaired) electrons. The fourth-order valence-corrected chi connectivity index (χ4v) is 2.97.